The SMILES string of the molecule is CCCCCCCCCCCOC(=O)C(CC)(CC)C(=O)OCC(CC)CC. The van der Waals surface area contributed by atoms with Crippen LogP contribution in [0.2, 0.25) is 0 Å². The van der Waals surface area contributed by atoms with Gasteiger partial charge in [-0.1, -0.05) is 98.8 Å². The van der Waals surface area contributed by atoms with Crippen LogP contribution < -0.4 is 0 Å². The molecule has 0 amide bonds. The van der Waals surface area contributed by atoms with Crippen LogP contribution in [0.25, 0.3) is 0 Å². The quantitative estimate of drug-likeness (QED) is 0.144. The summed E-state index contributed by atoms with van der Waals surface area (Å²) < 4.78 is 11.0. The molecule has 0 radical (unpaired) electrons. The van der Waals surface area contributed by atoms with E-state index in [0.29, 0.717) is 32.0 Å². The van der Waals surface area contributed by atoms with Crippen LogP contribution in [0.3, 0.4) is 0 Å². The van der Waals surface area contributed by atoms with Gasteiger partial charge in [0.05, 0.1) is 13.2 Å². The largest absolute Gasteiger partial charge is 0.465 e. The van der Waals surface area contributed by atoms with Crippen LogP contribution in [0.15, 0.2) is 0 Å². The first-order valence-corrected chi connectivity index (χ1v) is 11.9. The molecule has 0 aromatic rings. The number of hydrogen-bond acceptors (Lipinski definition) is 4. The molecule has 0 aliphatic rings. The summed E-state index contributed by atoms with van der Waals surface area (Å²) in [6.45, 7) is 10.9. The minimum Gasteiger partial charge on any atom is -0.465 e. The van der Waals surface area contributed by atoms with E-state index in [-0.39, 0.29) is 0 Å². The zero-order valence-corrected chi connectivity index (χ0v) is 19.3. The average Bonchev–Trinajstić information content (AvgIpc) is 2.71. The summed E-state index contributed by atoms with van der Waals surface area (Å²) in [5.41, 5.74) is -1.15. The number of carbonyl (C=O) groups excluding carboxylic acids is 2. The zero-order valence-electron chi connectivity index (χ0n) is 19.3. The second kappa shape index (κ2) is 16.9. The molecule has 0 aliphatic carbocycles. The van der Waals surface area contributed by atoms with E-state index >= 15 is 0 Å². The molecule has 0 saturated heterocycles. The zero-order chi connectivity index (χ0) is 21.3. The summed E-state index contributed by atoms with van der Waals surface area (Å²) in [4.78, 5) is 25.3. The van der Waals surface area contributed by atoms with E-state index in [4.69, 9.17) is 9.47 Å². The fourth-order valence-electron chi connectivity index (χ4n) is 3.48. The lowest BCUT2D eigenvalue weighted by Crippen LogP contribution is -2.41. The summed E-state index contributed by atoms with van der Waals surface area (Å²) in [6.07, 6.45) is 13.8. The average molecular weight is 399 g/mol. The molecular weight excluding hydrogens is 352 g/mol. The van der Waals surface area contributed by atoms with Gasteiger partial charge in [0.2, 0.25) is 0 Å². The van der Waals surface area contributed by atoms with Crippen molar-refractivity contribution in [2.24, 2.45) is 11.3 Å². The molecule has 0 N–H and O–H groups in total. The molecule has 0 heterocycles. The van der Waals surface area contributed by atoms with Gasteiger partial charge < -0.3 is 9.47 Å². The summed E-state index contributed by atoms with van der Waals surface area (Å²) in [7, 11) is 0. The number of unbranched alkanes of at least 4 members (excludes halogenated alkanes) is 8. The number of esters is 2. The van der Waals surface area contributed by atoms with Crippen molar-refractivity contribution in [3.63, 3.8) is 0 Å². The molecule has 0 spiro atoms. The number of hydrogen-bond donors (Lipinski definition) is 0. The lowest BCUT2D eigenvalue weighted by molar-refractivity contribution is -0.174. The maximum atomic E-state index is 12.7. The lowest BCUT2D eigenvalue weighted by atomic mass is 9.82. The van der Waals surface area contributed by atoms with Crippen LogP contribution in [-0.4, -0.2) is 25.2 Å². The van der Waals surface area contributed by atoms with E-state index in [1.54, 1.807) is 0 Å². The smallest absolute Gasteiger partial charge is 0.323 e. The van der Waals surface area contributed by atoms with E-state index < -0.39 is 17.4 Å². The Morgan fingerprint density at radius 3 is 1.61 bits per heavy atom. The van der Waals surface area contributed by atoms with E-state index in [0.717, 1.165) is 25.7 Å². The van der Waals surface area contributed by atoms with Crippen LogP contribution >= 0.6 is 0 Å². The van der Waals surface area contributed by atoms with Crippen molar-refractivity contribution in [3.05, 3.63) is 0 Å². The highest BCUT2D eigenvalue weighted by atomic mass is 16.6. The van der Waals surface area contributed by atoms with Crippen molar-refractivity contribution < 1.29 is 19.1 Å². The molecule has 4 heteroatoms. The summed E-state index contributed by atoms with van der Waals surface area (Å²) >= 11 is 0. The standard InChI is InChI=1S/C24H46O4/c1-6-11-12-13-14-15-16-17-18-19-27-22(25)24(9-4,10-5)23(26)28-20-21(7-2)8-3/h21H,6-20H2,1-5H3. The van der Waals surface area contributed by atoms with Gasteiger partial charge >= 0.3 is 11.9 Å². The van der Waals surface area contributed by atoms with E-state index in [1.807, 2.05) is 13.8 Å². The third-order valence-corrected chi connectivity index (χ3v) is 6.07. The third kappa shape index (κ3) is 9.93. The van der Waals surface area contributed by atoms with Gasteiger partial charge in [-0.15, -0.1) is 0 Å². The molecular formula is C24H46O4. The molecule has 0 aromatic heterocycles. The van der Waals surface area contributed by atoms with Crippen LogP contribution in [0.5, 0.6) is 0 Å². The molecule has 0 aliphatic heterocycles. The highest BCUT2D eigenvalue weighted by molar-refractivity contribution is 5.99. The van der Waals surface area contributed by atoms with E-state index in [1.165, 1.54) is 44.9 Å². The first-order chi connectivity index (χ1) is 13.5. The Morgan fingerprint density at radius 1 is 0.679 bits per heavy atom. The van der Waals surface area contributed by atoms with E-state index in [2.05, 4.69) is 20.8 Å². The first-order valence-electron chi connectivity index (χ1n) is 11.9. The Bertz CT molecular complexity index is 397. The first kappa shape index (κ1) is 26.9. The lowest BCUT2D eigenvalue weighted by Gasteiger charge is -2.27. The third-order valence-electron chi connectivity index (χ3n) is 6.07. The Hall–Kier alpha value is -1.06. The maximum absolute atomic E-state index is 12.7. The van der Waals surface area contributed by atoms with Gasteiger partial charge in [-0.3, -0.25) is 9.59 Å². The second-order valence-corrected chi connectivity index (χ2v) is 8.03. The molecule has 0 fully saturated rings. The molecule has 28 heavy (non-hydrogen) atoms. The van der Waals surface area contributed by atoms with Crippen molar-refractivity contribution in [2.75, 3.05) is 13.2 Å². The Labute approximate surface area is 174 Å². The predicted octanol–water partition coefficient (Wildman–Crippen LogP) is 6.85. The van der Waals surface area contributed by atoms with Crippen molar-refractivity contribution in [3.8, 4) is 0 Å². The molecule has 0 bridgehead atoms. The summed E-state index contributed by atoms with van der Waals surface area (Å²) in [6, 6.07) is 0. The summed E-state index contributed by atoms with van der Waals surface area (Å²) in [5.74, 6) is -0.471. The number of rotatable bonds is 18. The normalized spacial score (nSPS) is 11.6. The van der Waals surface area contributed by atoms with Crippen molar-refractivity contribution in [2.45, 2.75) is 118 Å². The molecule has 166 valence electrons. The monoisotopic (exact) mass is 398 g/mol. The fourth-order valence-corrected chi connectivity index (χ4v) is 3.48. The van der Waals surface area contributed by atoms with Crippen LogP contribution in [0, 0.1) is 11.3 Å². The van der Waals surface area contributed by atoms with Gasteiger partial charge in [0, 0.05) is 0 Å². The van der Waals surface area contributed by atoms with Gasteiger partial charge in [0.15, 0.2) is 5.41 Å². The van der Waals surface area contributed by atoms with E-state index in [9.17, 15) is 9.59 Å². The van der Waals surface area contributed by atoms with Gasteiger partial charge in [-0.2, -0.15) is 0 Å². The van der Waals surface area contributed by atoms with Crippen LogP contribution in [-0.2, 0) is 19.1 Å². The van der Waals surface area contributed by atoms with Crippen molar-refractivity contribution in [1.82, 2.24) is 0 Å². The minimum absolute atomic E-state index is 0.355. The van der Waals surface area contributed by atoms with Gasteiger partial charge in [0.1, 0.15) is 0 Å². The van der Waals surface area contributed by atoms with Crippen molar-refractivity contribution >= 4 is 11.9 Å². The molecule has 0 saturated carbocycles. The molecule has 4 nitrogen and oxygen atoms in total. The molecule has 0 atom stereocenters. The second-order valence-electron chi connectivity index (χ2n) is 8.03. The Balaban J connectivity index is 4.23. The highest BCUT2D eigenvalue weighted by Crippen LogP contribution is 2.30. The molecule has 0 rings (SSSR count). The fraction of sp³-hybridized carbons (Fsp3) is 0.917. The predicted molar refractivity (Wildman–Crippen MR) is 116 cm³/mol. The Kier molecular flexibility index (Phi) is 16.2. The van der Waals surface area contributed by atoms with Crippen LogP contribution in [0.4, 0.5) is 0 Å². The van der Waals surface area contributed by atoms with Crippen molar-refractivity contribution in [1.29, 1.82) is 0 Å². The highest BCUT2D eigenvalue weighted by Gasteiger charge is 2.46. The Morgan fingerprint density at radius 2 is 1.14 bits per heavy atom. The number of ether oxygens (including phenoxy) is 2. The minimum atomic E-state index is -1.15. The molecule has 0 unspecified atom stereocenters. The topological polar surface area (TPSA) is 52.6 Å². The van der Waals surface area contributed by atoms with Gasteiger partial charge in [-0.25, -0.2) is 0 Å². The molecule has 0 aromatic carbocycles. The van der Waals surface area contributed by atoms with Gasteiger partial charge in [0.25, 0.3) is 0 Å². The number of carbonyl (C=O) groups is 2. The summed E-state index contributed by atoms with van der Waals surface area (Å²) in [5, 5.41) is 0. The maximum Gasteiger partial charge on any atom is 0.323 e. The van der Waals surface area contributed by atoms with Crippen LogP contribution in [0.1, 0.15) is 118 Å². The van der Waals surface area contributed by atoms with Gasteiger partial charge in [-0.05, 0) is 25.2 Å².